The lowest BCUT2D eigenvalue weighted by Gasteiger charge is -2.26. The van der Waals surface area contributed by atoms with E-state index < -0.39 is 0 Å². The van der Waals surface area contributed by atoms with Crippen molar-refractivity contribution >= 4 is 23.2 Å². The van der Waals surface area contributed by atoms with Crippen molar-refractivity contribution in [3.05, 3.63) is 45.3 Å². The zero-order valence-electron chi connectivity index (χ0n) is 14.8. The minimum atomic E-state index is -0.294. The van der Waals surface area contributed by atoms with Crippen molar-refractivity contribution in [3.8, 4) is 0 Å². The molecule has 10 nitrogen and oxygen atoms in total. The average molecular weight is 399 g/mol. The Hall–Kier alpha value is -3.08. The molecule has 0 bridgehead atoms. The molecule has 0 unspecified atom stereocenters. The summed E-state index contributed by atoms with van der Waals surface area (Å²) >= 11 is 1.32. The largest absolute Gasteiger partial charge is 0.343 e. The normalized spacial score (nSPS) is 16.1. The summed E-state index contributed by atoms with van der Waals surface area (Å²) in [5.41, 5.74) is 3.62. The number of amides is 2. The van der Waals surface area contributed by atoms with E-state index in [4.69, 9.17) is 4.52 Å². The molecular weight excluding hydrogens is 382 g/mol. The number of rotatable bonds is 5. The van der Waals surface area contributed by atoms with Crippen LogP contribution in [-0.4, -0.2) is 48.6 Å². The van der Waals surface area contributed by atoms with Crippen molar-refractivity contribution < 1.29 is 14.1 Å². The van der Waals surface area contributed by atoms with Gasteiger partial charge in [-0.25, -0.2) is 0 Å². The summed E-state index contributed by atoms with van der Waals surface area (Å²) in [4.78, 5) is 35.6. The molecule has 1 aliphatic carbocycles. The first kappa shape index (κ1) is 17.0. The first-order valence-corrected chi connectivity index (χ1v) is 9.91. The molecule has 3 aromatic heterocycles. The summed E-state index contributed by atoms with van der Waals surface area (Å²) in [6, 6.07) is 0. The zero-order chi connectivity index (χ0) is 19.1. The second-order valence-corrected chi connectivity index (χ2v) is 7.76. The minimum Gasteiger partial charge on any atom is -0.343 e. The van der Waals surface area contributed by atoms with Crippen molar-refractivity contribution in [2.45, 2.75) is 38.3 Å². The predicted octanol–water partition coefficient (Wildman–Crippen LogP) is 1.26. The third kappa shape index (κ3) is 3.17. The number of aromatic amines is 1. The fourth-order valence-electron chi connectivity index (χ4n) is 3.23. The molecule has 0 aromatic carbocycles. The summed E-state index contributed by atoms with van der Waals surface area (Å²) in [6.07, 6.45) is 4.29. The lowest BCUT2D eigenvalue weighted by molar-refractivity contribution is 0.0737. The van der Waals surface area contributed by atoms with Gasteiger partial charge in [0.25, 0.3) is 11.8 Å². The summed E-state index contributed by atoms with van der Waals surface area (Å²) in [5.74, 6) is 1.13. The van der Waals surface area contributed by atoms with E-state index in [1.165, 1.54) is 11.3 Å². The highest BCUT2D eigenvalue weighted by atomic mass is 32.1. The van der Waals surface area contributed by atoms with Crippen molar-refractivity contribution in [2.75, 3.05) is 6.54 Å². The lowest BCUT2D eigenvalue weighted by Crippen LogP contribution is -2.36. The van der Waals surface area contributed by atoms with E-state index in [0.29, 0.717) is 47.7 Å². The summed E-state index contributed by atoms with van der Waals surface area (Å²) < 4.78 is 5.19. The zero-order valence-corrected chi connectivity index (χ0v) is 15.7. The van der Waals surface area contributed by atoms with Gasteiger partial charge in [-0.3, -0.25) is 19.7 Å². The van der Waals surface area contributed by atoms with Gasteiger partial charge in [-0.05, 0) is 19.3 Å². The molecule has 1 fully saturated rings. The smallest absolute Gasteiger partial charge is 0.272 e. The number of H-pyrrole nitrogens is 1. The van der Waals surface area contributed by atoms with Crippen LogP contribution in [0, 0.1) is 0 Å². The minimum absolute atomic E-state index is 0.0580. The van der Waals surface area contributed by atoms with Crippen LogP contribution in [0.3, 0.4) is 0 Å². The number of thiazole rings is 1. The number of aromatic nitrogens is 5. The van der Waals surface area contributed by atoms with Gasteiger partial charge in [-0.1, -0.05) is 5.16 Å². The predicted molar refractivity (Wildman–Crippen MR) is 96.6 cm³/mol. The Balaban J connectivity index is 1.23. The topological polar surface area (TPSA) is 130 Å². The number of hydrogen-bond acceptors (Lipinski definition) is 8. The Bertz CT molecular complexity index is 1020. The van der Waals surface area contributed by atoms with E-state index in [1.54, 1.807) is 16.6 Å². The number of nitrogens with zero attached hydrogens (tertiary/aromatic N) is 5. The molecule has 11 heteroatoms. The molecular formula is C17H17N7O3S. The third-order valence-electron chi connectivity index (χ3n) is 4.90. The van der Waals surface area contributed by atoms with E-state index in [-0.39, 0.29) is 18.4 Å². The van der Waals surface area contributed by atoms with E-state index in [0.717, 1.165) is 24.1 Å². The molecule has 28 heavy (non-hydrogen) atoms. The van der Waals surface area contributed by atoms with Crippen LogP contribution in [-0.2, 0) is 19.5 Å². The molecule has 2 N–H and O–H groups in total. The van der Waals surface area contributed by atoms with Crippen LogP contribution in [0.4, 0.5) is 0 Å². The Morgan fingerprint density at radius 2 is 2.29 bits per heavy atom. The van der Waals surface area contributed by atoms with Crippen LogP contribution in [0.25, 0.3) is 0 Å². The summed E-state index contributed by atoms with van der Waals surface area (Å²) in [6.45, 7) is 1.10. The highest BCUT2D eigenvalue weighted by Gasteiger charge is 2.30. The van der Waals surface area contributed by atoms with Crippen LogP contribution in [0.15, 0.2) is 16.2 Å². The van der Waals surface area contributed by atoms with Crippen LogP contribution >= 0.6 is 11.3 Å². The Morgan fingerprint density at radius 1 is 1.39 bits per heavy atom. The number of hydrogen-bond donors (Lipinski definition) is 2. The molecule has 1 saturated carbocycles. The molecule has 0 atom stereocenters. The molecule has 0 radical (unpaired) electrons. The molecule has 3 aromatic rings. The molecule has 144 valence electrons. The molecule has 2 amide bonds. The Labute approximate surface area is 163 Å². The van der Waals surface area contributed by atoms with Crippen LogP contribution in [0.5, 0.6) is 0 Å². The van der Waals surface area contributed by atoms with Gasteiger partial charge in [0.1, 0.15) is 4.88 Å². The fourth-order valence-corrected chi connectivity index (χ4v) is 3.82. The van der Waals surface area contributed by atoms with Gasteiger partial charge in [-0.15, -0.1) is 11.3 Å². The molecule has 2 aliphatic rings. The van der Waals surface area contributed by atoms with Crippen molar-refractivity contribution in [1.82, 2.24) is 35.5 Å². The fraction of sp³-hybridized carbons (Fsp3) is 0.412. The van der Waals surface area contributed by atoms with E-state index >= 15 is 0 Å². The Morgan fingerprint density at radius 3 is 3.07 bits per heavy atom. The highest BCUT2D eigenvalue weighted by molar-refractivity contribution is 7.11. The number of carbonyl (C=O) groups excluding carboxylic acids is 2. The van der Waals surface area contributed by atoms with Crippen LogP contribution < -0.4 is 5.32 Å². The first-order chi connectivity index (χ1) is 13.7. The maximum absolute atomic E-state index is 12.5. The summed E-state index contributed by atoms with van der Waals surface area (Å²) in [7, 11) is 0. The van der Waals surface area contributed by atoms with Crippen molar-refractivity contribution in [3.63, 3.8) is 0 Å². The Kier molecular flexibility index (Phi) is 4.15. The number of fused-ring (bicyclic) bond motifs is 1. The SMILES string of the molecule is O=C(NCc1noc(C2CC2)n1)c1n[nH]c2c1CCN(C(=O)c1cncs1)C2. The van der Waals surface area contributed by atoms with Gasteiger partial charge in [0.2, 0.25) is 5.89 Å². The van der Waals surface area contributed by atoms with Crippen molar-refractivity contribution in [1.29, 1.82) is 0 Å². The van der Waals surface area contributed by atoms with E-state index in [9.17, 15) is 9.59 Å². The van der Waals surface area contributed by atoms with Gasteiger partial charge >= 0.3 is 0 Å². The highest BCUT2D eigenvalue weighted by Crippen LogP contribution is 2.38. The van der Waals surface area contributed by atoms with E-state index in [2.05, 4.69) is 30.6 Å². The molecule has 5 rings (SSSR count). The van der Waals surface area contributed by atoms with E-state index in [1.807, 2.05) is 0 Å². The number of nitrogens with one attached hydrogen (secondary N) is 2. The third-order valence-corrected chi connectivity index (χ3v) is 5.66. The monoisotopic (exact) mass is 399 g/mol. The van der Waals surface area contributed by atoms with Gasteiger partial charge in [0.15, 0.2) is 11.5 Å². The molecule has 0 saturated heterocycles. The second kappa shape index (κ2) is 6.82. The standard InChI is InChI=1S/C17H17N7O3S/c25-15(19-6-13-20-16(27-23-13)9-1-2-9)14-10-3-4-24(7-11(10)21-22-14)17(26)12-5-18-8-28-12/h5,8-9H,1-4,6-7H2,(H,19,25)(H,21,22). The lowest BCUT2D eigenvalue weighted by atomic mass is 10.0. The second-order valence-electron chi connectivity index (χ2n) is 6.88. The summed E-state index contributed by atoms with van der Waals surface area (Å²) in [5, 5.41) is 13.7. The van der Waals surface area contributed by atoms with Gasteiger partial charge < -0.3 is 14.7 Å². The quantitative estimate of drug-likeness (QED) is 0.660. The van der Waals surface area contributed by atoms with Gasteiger partial charge in [0.05, 0.1) is 30.5 Å². The van der Waals surface area contributed by atoms with Crippen LogP contribution in [0.2, 0.25) is 0 Å². The number of carbonyl (C=O) groups is 2. The maximum Gasteiger partial charge on any atom is 0.272 e. The maximum atomic E-state index is 12.5. The molecule has 4 heterocycles. The van der Waals surface area contributed by atoms with Crippen molar-refractivity contribution in [2.24, 2.45) is 0 Å². The molecule has 0 spiro atoms. The molecule has 1 aliphatic heterocycles. The van der Waals surface area contributed by atoms with Gasteiger partial charge in [0, 0.05) is 18.0 Å². The average Bonchev–Trinajstić information content (AvgIpc) is 3.15. The first-order valence-electron chi connectivity index (χ1n) is 9.03. The van der Waals surface area contributed by atoms with Gasteiger partial charge in [-0.2, -0.15) is 10.1 Å². The van der Waals surface area contributed by atoms with Crippen LogP contribution in [0.1, 0.15) is 61.9 Å².